The number of fused-ring (bicyclic) bond motifs is 3. The van der Waals surface area contributed by atoms with Gasteiger partial charge in [-0.1, -0.05) is 0 Å². The fourth-order valence-corrected chi connectivity index (χ4v) is 5.16. The predicted molar refractivity (Wildman–Crippen MR) is 131 cm³/mol. The van der Waals surface area contributed by atoms with E-state index in [1.807, 2.05) is 67.0 Å². The molecule has 3 heterocycles. The number of aromatic nitrogens is 2. The molecule has 0 unspecified atom stereocenters. The topological polar surface area (TPSA) is 88.4 Å². The number of hydrogen-bond acceptors (Lipinski definition) is 4. The molecule has 2 aromatic heterocycles. The quantitative estimate of drug-likeness (QED) is 0.351. The number of rotatable bonds is 5. The molecule has 6 rings (SSSR count). The Morgan fingerprint density at radius 1 is 0.647 bits per heavy atom. The number of benzene rings is 3. The van der Waals surface area contributed by atoms with Crippen LogP contribution in [0.25, 0.3) is 21.8 Å². The molecule has 0 atom stereocenters. The van der Waals surface area contributed by atoms with Gasteiger partial charge in [-0.3, -0.25) is 4.79 Å². The van der Waals surface area contributed by atoms with E-state index in [-0.39, 0.29) is 5.91 Å². The summed E-state index contributed by atoms with van der Waals surface area (Å²) in [5.41, 5.74) is 3.92. The first-order valence-corrected chi connectivity index (χ1v) is 10.9. The van der Waals surface area contributed by atoms with Gasteiger partial charge in [-0.05, 0) is 54.6 Å². The van der Waals surface area contributed by atoms with Crippen LogP contribution in [-0.2, 0) is 10.2 Å². The summed E-state index contributed by atoms with van der Waals surface area (Å²) in [7, 11) is 4.90. The van der Waals surface area contributed by atoms with Gasteiger partial charge in [0.15, 0.2) is 0 Å². The number of hydrogen-bond donors (Lipinski definition) is 3. The summed E-state index contributed by atoms with van der Waals surface area (Å²) in [5, 5.41) is 4.93. The zero-order valence-electron chi connectivity index (χ0n) is 19.0. The lowest BCUT2D eigenvalue weighted by Crippen LogP contribution is -2.36. The van der Waals surface area contributed by atoms with Crippen molar-refractivity contribution in [3.05, 3.63) is 83.7 Å². The highest BCUT2D eigenvalue weighted by atomic mass is 16.5. The summed E-state index contributed by atoms with van der Waals surface area (Å²) >= 11 is 0. The monoisotopic (exact) mass is 453 g/mol. The maximum atomic E-state index is 14.1. The molecule has 170 valence electrons. The van der Waals surface area contributed by atoms with Crippen molar-refractivity contribution in [3.63, 3.8) is 0 Å². The number of ether oxygens (including phenoxy) is 3. The molecule has 0 radical (unpaired) electrons. The minimum atomic E-state index is -1.14. The molecule has 0 bridgehead atoms. The van der Waals surface area contributed by atoms with Crippen LogP contribution < -0.4 is 19.5 Å². The van der Waals surface area contributed by atoms with Crippen molar-refractivity contribution >= 4 is 33.4 Å². The van der Waals surface area contributed by atoms with Gasteiger partial charge in [0.1, 0.15) is 22.7 Å². The third-order valence-electron chi connectivity index (χ3n) is 6.81. The van der Waals surface area contributed by atoms with Gasteiger partial charge >= 0.3 is 0 Å². The molecule has 0 saturated carbocycles. The van der Waals surface area contributed by atoms with Crippen LogP contribution in [0.15, 0.2) is 67.0 Å². The van der Waals surface area contributed by atoms with E-state index in [1.54, 1.807) is 21.3 Å². The number of methoxy groups -OCH3 is 3. The molecule has 1 amide bonds. The Kier molecular flexibility index (Phi) is 4.35. The summed E-state index contributed by atoms with van der Waals surface area (Å²) in [5.74, 6) is 1.97. The van der Waals surface area contributed by atoms with Crippen LogP contribution in [0.4, 0.5) is 5.69 Å². The molecule has 0 saturated heterocycles. The molecule has 0 spiro atoms. The molecule has 7 heteroatoms. The maximum absolute atomic E-state index is 14.1. The molecule has 7 nitrogen and oxygen atoms in total. The number of anilines is 1. The Morgan fingerprint density at radius 2 is 1.15 bits per heavy atom. The standard InChI is InChI=1S/C27H23N3O4/c1-32-15-4-7-23-18(10-15)21(13-28-23)27(20-12-17(34-3)6-9-25(20)30-26(27)31)22-14-29-24-8-5-16(33-2)11-19(22)24/h4-14,28-29H,1-3H3,(H,30,31). The maximum Gasteiger partial charge on any atom is 0.244 e. The van der Waals surface area contributed by atoms with Crippen LogP contribution >= 0.6 is 0 Å². The number of nitrogens with one attached hydrogen (secondary N) is 3. The second-order valence-corrected chi connectivity index (χ2v) is 8.34. The number of amides is 1. The zero-order chi connectivity index (χ0) is 23.4. The van der Waals surface area contributed by atoms with Gasteiger partial charge in [0, 0.05) is 56.6 Å². The fraction of sp³-hybridized carbons (Fsp3) is 0.148. The van der Waals surface area contributed by atoms with Crippen LogP contribution in [0.5, 0.6) is 17.2 Å². The molecule has 3 N–H and O–H groups in total. The number of carbonyl (C=O) groups excluding carboxylic acids is 1. The first-order valence-electron chi connectivity index (χ1n) is 10.9. The van der Waals surface area contributed by atoms with Crippen molar-refractivity contribution < 1.29 is 19.0 Å². The smallest absolute Gasteiger partial charge is 0.244 e. The molecular weight excluding hydrogens is 430 g/mol. The highest BCUT2D eigenvalue weighted by Gasteiger charge is 2.52. The summed E-state index contributed by atoms with van der Waals surface area (Å²) in [4.78, 5) is 20.8. The van der Waals surface area contributed by atoms with Crippen molar-refractivity contribution in [2.45, 2.75) is 5.41 Å². The summed E-state index contributed by atoms with van der Waals surface area (Å²) in [6, 6.07) is 17.3. The van der Waals surface area contributed by atoms with Crippen LogP contribution in [0.2, 0.25) is 0 Å². The largest absolute Gasteiger partial charge is 0.497 e. The average molecular weight is 453 g/mol. The minimum Gasteiger partial charge on any atom is -0.497 e. The van der Waals surface area contributed by atoms with Crippen molar-refractivity contribution in [2.24, 2.45) is 0 Å². The van der Waals surface area contributed by atoms with E-state index < -0.39 is 5.41 Å². The highest BCUT2D eigenvalue weighted by molar-refractivity contribution is 6.15. The summed E-state index contributed by atoms with van der Waals surface area (Å²) in [6.07, 6.45) is 3.83. The number of carbonyl (C=O) groups is 1. The Labute approximate surface area is 195 Å². The van der Waals surface area contributed by atoms with Crippen LogP contribution in [0.3, 0.4) is 0 Å². The van der Waals surface area contributed by atoms with Crippen molar-refractivity contribution in [2.75, 3.05) is 26.6 Å². The van der Waals surface area contributed by atoms with Gasteiger partial charge in [0.05, 0.1) is 21.3 Å². The normalized spacial score (nSPS) is 14.3. The van der Waals surface area contributed by atoms with E-state index >= 15 is 0 Å². The number of aromatic amines is 2. The van der Waals surface area contributed by atoms with Gasteiger partial charge in [0.25, 0.3) is 0 Å². The third-order valence-corrected chi connectivity index (χ3v) is 6.81. The zero-order valence-corrected chi connectivity index (χ0v) is 19.0. The van der Waals surface area contributed by atoms with Crippen LogP contribution in [0, 0.1) is 0 Å². The lowest BCUT2D eigenvalue weighted by atomic mass is 9.70. The molecule has 3 aromatic carbocycles. The molecule has 34 heavy (non-hydrogen) atoms. The Bertz CT molecular complexity index is 1500. The molecule has 0 fully saturated rings. The number of H-pyrrole nitrogens is 2. The van der Waals surface area contributed by atoms with E-state index in [0.717, 1.165) is 44.2 Å². The van der Waals surface area contributed by atoms with Crippen molar-refractivity contribution in [3.8, 4) is 17.2 Å². The Hall–Kier alpha value is -4.39. The van der Waals surface area contributed by atoms with Gasteiger partial charge in [-0.15, -0.1) is 0 Å². The van der Waals surface area contributed by atoms with Crippen LogP contribution in [-0.4, -0.2) is 37.2 Å². The Morgan fingerprint density at radius 3 is 1.68 bits per heavy atom. The van der Waals surface area contributed by atoms with Gasteiger partial charge < -0.3 is 29.5 Å². The van der Waals surface area contributed by atoms with Gasteiger partial charge in [-0.25, -0.2) is 0 Å². The van der Waals surface area contributed by atoms with E-state index in [9.17, 15) is 4.79 Å². The van der Waals surface area contributed by atoms with E-state index in [1.165, 1.54) is 0 Å². The van der Waals surface area contributed by atoms with E-state index in [4.69, 9.17) is 14.2 Å². The molecule has 0 aliphatic carbocycles. The lowest BCUT2D eigenvalue weighted by Gasteiger charge is -2.28. The Balaban J connectivity index is 1.76. The van der Waals surface area contributed by atoms with Gasteiger partial charge in [0.2, 0.25) is 5.91 Å². The fourth-order valence-electron chi connectivity index (χ4n) is 5.16. The second-order valence-electron chi connectivity index (χ2n) is 8.34. The predicted octanol–water partition coefficient (Wildman–Crippen LogP) is 4.96. The second kappa shape index (κ2) is 7.31. The molecular formula is C27H23N3O4. The average Bonchev–Trinajstić information content (AvgIpc) is 3.56. The SMILES string of the molecule is COc1ccc2c(c1)C(c1c[nH]c3ccc(OC)cc13)(c1c[nH]c3ccc(OC)cc13)C(=O)N2. The molecule has 5 aromatic rings. The van der Waals surface area contributed by atoms with E-state index in [2.05, 4.69) is 15.3 Å². The summed E-state index contributed by atoms with van der Waals surface area (Å²) in [6.45, 7) is 0. The lowest BCUT2D eigenvalue weighted by molar-refractivity contribution is -0.118. The van der Waals surface area contributed by atoms with Crippen LogP contribution in [0.1, 0.15) is 16.7 Å². The van der Waals surface area contributed by atoms with Crippen molar-refractivity contribution in [1.82, 2.24) is 9.97 Å². The first-order chi connectivity index (χ1) is 16.6. The molecule has 1 aliphatic rings. The van der Waals surface area contributed by atoms with Gasteiger partial charge in [-0.2, -0.15) is 0 Å². The summed E-state index contributed by atoms with van der Waals surface area (Å²) < 4.78 is 16.6. The van der Waals surface area contributed by atoms with E-state index in [0.29, 0.717) is 17.2 Å². The minimum absolute atomic E-state index is 0.136. The highest BCUT2D eigenvalue weighted by Crippen LogP contribution is 2.52. The molecule has 1 aliphatic heterocycles. The first kappa shape index (κ1) is 20.2. The van der Waals surface area contributed by atoms with Crippen molar-refractivity contribution in [1.29, 1.82) is 0 Å². The third kappa shape index (κ3) is 2.61.